The fourth-order valence-corrected chi connectivity index (χ4v) is 3.54. The average molecular weight is 442 g/mol. The molecule has 0 atom stereocenters. The van der Waals surface area contributed by atoms with Gasteiger partial charge in [0, 0.05) is 10.6 Å². The summed E-state index contributed by atoms with van der Waals surface area (Å²) in [5, 5.41) is 4.45. The summed E-state index contributed by atoms with van der Waals surface area (Å²) in [7, 11) is -2.79. The van der Waals surface area contributed by atoms with Crippen molar-refractivity contribution in [3.05, 3.63) is 64.0 Å². The number of methoxy groups -OCH3 is 1. The highest BCUT2D eigenvalue weighted by Crippen LogP contribution is 2.22. The first kappa shape index (κ1) is 20.3. The normalized spacial score (nSPS) is 11.4. The van der Waals surface area contributed by atoms with Gasteiger partial charge in [-0.3, -0.25) is 0 Å². The SMILES string of the molecule is COC(=O)c1cc(S(=O)(=O)NCc2nc(-c3ccc(Cl)cc3)no2)ccc1Cl. The Morgan fingerprint density at radius 1 is 1.18 bits per heavy atom. The number of carbonyl (C=O) groups excluding carboxylic acids is 1. The first-order valence-electron chi connectivity index (χ1n) is 7.76. The van der Waals surface area contributed by atoms with Crippen LogP contribution < -0.4 is 4.72 Å². The van der Waals surface area contributed by atoms with Gasteiger partial charge in [0.25, 0.3) is 0 Å². The number of halogens is 2. The Balaban J connectivity index is 1.75. The van der Waals surface area contributed by atoms with Crippen molar-refractivity contribution >= 4 is 39.2 Å². The molecular formula is C17H13Cl2N3O5S. The number of nitrogens with zero attached hydrogens (tertiary/aromatic N) is 2. The largest absolute Gasteiger partial charge is 0.465 e. The lowest BCUT2D eigenvalue weighted by molar-refractivity contribution is 0.0600. The summed E-state index contributed by atoms with van der Waals surface area (Å²) < 4.78 is 36.9. The molecule has 146 valence electrons. The van der Waals surface area contributed by atoms with Crippen molar-refractivity contribution in [2.45, 2.75) is 11.4 Å². The Hall–Kier alpha value is -2.46. The predicted molar refractivity (Wildman–Crippen MR) is 102 cm³/mol. The third-order valence-electron chi connectivity index (χ3n) is 3.64. The van der Waals surface area contributed by atoms with Gasteiger partial charge in [0.1, 0.15) is 0 Å². The second-order valence-corrected chi connectivity index (χ2v) is 8.09. The Labute approximate surface area is 170 Å². The Kier molecular flexibility index (Phi) is 5.99. The van der Waals surface area contributed by atoms with Crippen LogP contribution in [-0.2, 0) is 21.3 Å². The minimum absolute atomic E-state index is 0.0603. The zero-order chi connectivity index (χ0) is 20.3. The lowest BCUT2D eigenvalue weighted by Gasteiger charge is -2.07. The molecule has 0 spiro atoms. The van der Waals surface area contributed by atoms with Gasteiger partial charge in [0.2, 0.25) is 21.7 Å². The van der Waals surface area contributed by atoms with Crippen LogP contribution in [-0.4, -0.2) is 31.6 Å². The van der Waals surface area contributed by atoms with Crippen molar-refractivity contribution < 1.29 is 22.5 Å². The number of ether oxygens (including phenoxy) is 1. The minimum Gasteiger partial charge on any atom is -0.465 e. The third-order valence-corrected chi connectivity index (χ3v) is 5.62. The number of hydrogen-bond acceptors (Lipinski definition) is 7. The maximum absolute atomic E-state index is 12.5. The maximum atomic E-state index is 12.5. The molecular weight excluding hydrogens is 429 g/mol. The lowest BCUT2D eigenvalue weighted by Crippen LogP contribution is -2.23. The first-order valence-corrected chi connectivity index (χ1v) is 10.00. The lowest BCUT2D eigenvalue weighted by atomic mass is 10.2. The molecule has 2 aromatic carbocycles. The van der Waals surface area contributed by atoms with Crippen LogP contribution in [0, 0.1) is 0 Å². The molecule has 0 radical (unpaired) electrons. The van der Waals surface area contributed by atoms with Crippen LogP contribution in [0.15, 0.2) is 51.9 Å². The number of rotatable bonds is 6. The van der Waals surface area contributed by atoms with E-state index in [1.807, 2.05) is 0 Å². The molecule has 1 heterocycles. The van der Waals surface area contributed by atoms with E-state index in [0.29, 0.717) is 16.4 Å². The fourth-order valence-electron chi connectivity index (χ4n) is 2.22. The van der Waals surface area contributed by atoms with Crippen molar-refractivity contribution in [1.29, 1.82) is 0 Å². The van der Waals surface area contributed by atoms with Gasteiger partial charge in [-0.15, -0.1) is 0 Å². The van der Waals surface area contributed by atoms with E-state index in [2.05, 4.69) is 19.6 Å². The van der Waals surface area contributed by atoms with Crippen molar-refractivity contribution in [1.82, 2.24) is 14.9 Å². The van der Waals surface area contributed by atoms with Gasteiger partial charge in [-0.2, -0.15) is 4.98 Å². The van der Waals surface area contributed by atoms with Crippen LogP contribution in [0.5, 0.6) is 0 Å². The van der Waals surface area contributed by atoms with Gasteiger partial charge in [-0.05, 0) is 42.5 Å². The molecule has 0 amide bonds. The second-order valence-electron chi connectivity index (χ2n) is 5.48. The zero-order valence-corrected chi connectivity index (χ0v) is 16.7. The summed E-state index contributed by atoms with van der Waals surface area (Å²) in [6.45, 7) is -0.237. The summed E-state index contributed by atoms with van der Waals surface area (Å²) >= 11 is 11.7. The van der Waals surface area contributed by atoms with E-state index in [0.717, 1.165) is 6.07 Å². The summed E-state index contributed by atoms with van der Waals surface area (Å²) in [6, 6.07) is 10.5. The first-order chi connectivity index (χ1) is 13.3. The number of aromatic nitrogens is 2. The molecule has 0 aliphatic carbocycles. The van der Waals surface area contributed by atoms with Crippen LogP contribution in [0.25, 0.3) is 11.4 Å². The summed E-state index contributed by atoms with van der Waals surface area (Å²) in [6.07, 6.45) is 0. The Bertz CT molecular complexity index is 1110. The standard InChI is InChI=1S/C17H13Cl2N3O5S/c1-26-17(23)13-8-12(6-7-14(13)19)28(24,25)20-9-15-21-16(22-27-15)10-2-4-11(18)5-3-10/h2-8,20H,9H2,1H3. The molecule has 3 rings (SSSR count). The summed E-state index contributed by atoms with van der Waals surface area (Å²) in [5.41, 5.74) is 0.609. The Morgan fingerprint density at radius 2 is 1.89 bits per heavy atom. The van der Waals surface area contributed by atoms with E-state index >= 15 is 0 Å². The molecule has 0 fully saturated rings. The van der Waals surface area contributed by atoms with Crippen molar-refractivity contribution in [2.24, 2.45) is 0 Å². The maximum Gasteiger partial charge on any atom is 0.339 e. The van der Waals surface area contributed by atoms with Gasteiger partial charge in [0.05, 0.1) is 29.1 Å². The van der Waals surface area contributed by atoms with Crippen molar-refractivity contribution in [3.8, 4) is 11.4 Å². The molecule has 1 aromatic heterocycles. The molecule has 8 nitrogen and oxygen atoms in total. The monoisotopic (exact) mass is 441 g/mol. The molecule has 1 N–H and O–H groups in total. The Morgan fingerprint density at radius 3 is 2.57 bits per heavy atom. The number of carbonyl (C=O) groups is 1. The molecule has 0 aliphatic heterocycles. The fraction of sp³-hybridized carbons (Fsp3) is 0.118. The van der Waals surface area contributed by atoms with Crippen LogP contribution >= 0.6 is 23.2 Å². The van der Waals surface area contributed by atoms with Gasteiger partial charge in [0.15, 0.2) is 0 Å². The van der Waals surface area contributed by atoms with E-state index < -0.39 is 16.0 Å². The molecule has 28 heavy (non-hydrogen) atoms. The molecule has 3 aromatic rings. The topological polar surface area (TPSA) is 111 Å². The number of sulfonamides is 1. The van der Waals surface area contributed by atoms with Gasteiger partial charge < -0.3 is 9.26 Å². The van der Waals surface area contributed by atoms with E-state index in [4.69, 9.17) is 27.7 Å². The molecule has 0 bridgehead atoms. The molecule has 0 unspecified atom stereocenters. The number of benzene rings is 2. The third kappa shape index (κ3) is 4.50. The highest BCUT2D eigenvalue weighted by molar-refractivity contribution is 7.89. The smallest absolute Gasteiger partial charge is 0.339 e. The summed E-state index contributed by atoms with van der Waals surface area (Å²) in [5.74, 6) is -0.382. The number of nitrogens with one attached hydrogen (secondary N) is 1. The van der Waals surface area contributed by atoms with E-state index in [9.17, 15) is 13.2 Å². The summed E-state index contributed by atoms with van der Waals surface area (Å²) in [4.78, 5) is 15.7. The van der Waals surface area contributed by atoms with Gasteiger partial charge in [-0.25, -0.2) is 17.9 Å². The highest BCUT2D eigenvalue weighted by atomic mass is 35.5. The number of hydrogen-bond donors (Lipinski definition) is 1. The van der Waals surface area contributed by atoms with Crippen LogP contribution in [0.4, 0.5) is 0 Å². The van der Waals surface area contributed by atoms with Crippen LogP contribution in [0.2, 0.25) is 10.0 Å². The molecule has 11 heteroatoms. The van der Waals surface area contributed by atoms with E-state index in [-0.39, 0.29) is 27.9 Å². The number of esters is 1. The predicted octanol–water partition coefficient (Wildman–Crippen LogP) is 3.31. The minimum atomic E-state index is -3.96. The second kappa shape index (κ2) is 8.27. The van der Waals surface area contributed by atoms with Crippen LogP contribution in [0.3, 0.4) is 0 Å². The average Bonchev–Trinajstić information content (AvgIpc) is 3.16. The molecule has 0 saturated heterocycles. The van der Waals surface area contributed by atoms with Crippen molar-refractivity contribution in [2.75, 3.05) is 7.11 Å². The quantitative estimate of drug-likeness (QED) is 0.583. The van der Waals surface area contributed by atoms with Gasteiger partial charge in [-0.1, -0.05) is 28.4 Å². The van der Waals surface area contributed by atoms with Crippen LogP contribution in [0.1, 0.15) is 16.2 Å². The highest BCUT2D eigenvalue weighted by Gasteiger charge is 2.20. The molecule has 0 saturated carbocycles. The van der Waals surface area contributed by atoms with E-state index in [1.54, 1.807) is 24.3 Å². The molecule has 0 aliphatic rings. The van der Waals surface area contributed by atoms with Gasteiger partial charge >= 0.3 is 5.97 Å². The van der Waals surface area contributed by atoms with E-state index in [1.165, 1.54) is 19.2 Å². The van der Waals surface area contributed by atoms with Crippen molar-refractivity contribution in [3.63, 3.8) is 0 Å². The zero-order valence-electron chi connectivity index (χ0n) is 14.3.